The van der Waals surface area contributed by atoms with Crippen molar-refractivity contribution in [2.24, 2.45) is 0 Å². The van der Waals surface area contributed by atoms with E-state index in [0.717, 1.165) is 10.8 Å². The Bertz CT molecular complexity index is 631. The number of hydrogen-bond acceptors (Lipinski definition) is 4. The average molecular weight is 342 g/mol. The molecular weight excluding hydrogens is 317 g/mol. The summed E-state index contributed by atoms with van der Waals surface area (Å²) in [4.78, 5) is 5.73. The van der Waals surface area contributed by atoms with Crippen LogP contribution in [-0.4, -0.2) is 20.5 Å². The highest BCUT2D eigenvalue weighted by atomic mass is 32.2. The van der Waals surface area contributed by atoms with E-state index in [2.05, 4.69) is 30.9 Å². The molecule has 2 heterocycles. The Hall–Kier alpha value is -0.880. The SMILES string of the molecule is Cc1c(F)c(SCC(C)c2cnc(C(C)C)s2)nn1C(C)C. The van der Waals surface area contributed by atoms with Crippen LogP contribution < -0.4 is 0 Å². The van der Waals surface area contributed by atoms with Crippen LogP contribution >= 0.6 is 23.1 Å². The van der Waals surface area contributed by atoms with E-state index in [1.165, 1.54) is 16.6 Å². The molecule has 2 aromatic rings. The zero-order valence-corrected chi connectivity index (χ0v) is 15.7. The van der Waals surface area contributed by atoms with E-state index in [0.29, 0.717) is 22.6 Å². The van der Waals surface area contributed by atoms with Gasteiger partial charge in [0.2, 0.25) is 0 Å². The standard InChI is InChI=1S/C16H24FN3S2/c1-9(2)15-18-7-13(22-15)11(5)8-21-16-14(17)12(6)20(19-16)10(3)4/h7,9-11H,8H2,1-6H3. The molecule has 6 heteroatoms. The normalized spacial score (nSPS) is 13.3. The molecule has 0 radical (unpaired) electrons. The van der Waals surface area contributed by atoms with Crippen LogP contribution in [0.5, 0.6) is 0 Å². The largest absolute Gasteiger partial charge is 0.263 e. The Balaban J connectivity index is 2.04. The van der Waals surface area contributed by atoms with Gasteiger partial charge >= 0.3 is 0 Å². The fourth-order valence-electron chi connectivity index (χ4n) is 2.15. The lowest BCUT2D eigenvalue weighted by Gasteiger charge is -2.07. The molecule has 3 nitrogen and oxygen atoms in total. The monoisotopic (exact) mass is 341 g/mol. The van der Waals surface area contributed by atoms with Gasteiger partial charge in [0.1, 0.15) is 0 Å². The first kappa shape index (κ1) is 17.5. The van der Waals surface area contributed by atoms with Crippen molar-refractivity contribution in [3.05, 3.63) is 27.6 Å². The first-order valence-electron chi connectivity index (χ1n) is 7.64. The Morgan fingerprint density at radius 2 is 1.95 bits per heavy atom. The summed E-state index contributed by atoms with van der Waals surface area (Å²) in [6.07, 6.45) is 1.96. The highest BCUT2D eigenvalue weighted by Crippen LogP contribution is 2.32. The molecule has 0 N–H and O–H groups in total. The molecule has 0 spiro atoms. The lowest BCUT2D eigenvalue weighted by atomic mass is 10.2. The maximum Gasteiger partial charge on any atom is 0.177 e. The summed E-state index contributed by atoms with van der Waals surface area (Å²) in [5.74, 6) is 1.43. The van der Waals surface area contributed by atoms with Crippen LogP contribution in [0.3, 0.4) is 0 Å². The number of nitrogens with zero attached hydrogens (tertiary/aromatic N) is 3. The summed E-state index contributed by atoms with van der Waals surface area (Å²) in [6, 6.07) is 0.177. The molecule has 0 aliphatic heterocycles. The Morgan fingerprint density at radius 3 is 2.45 bits per heavy atom. The van der Waals surface area contributed by atoms with E-state index in [-0.39, 0.29) is 11.9 Å². The van der Waals surface area contributed by atoms with Crippen molar-refractivity contribution < 1.29 is 4.39 Å². The van der Waals surface area contributed by atoms with Crippen LogP contribution in [0.4, 0.5) is 4.39 Å². The molecule has 2 aromatic heterocycles. The third-order valence-electron chi connectivity index (χ3n) is 3.53. The van der Waals surface area contributed by atoms with E-state index in [1.807, 2.05) is 20.0 Å². The number of aromatic nitrogens is 3. The molecule has 0 saturated carbocycles. The van der Waals surface area contributed by atoms with E-state index >= 15 is 0 Å². The molecule has 2 rings (SSSR count). The second-order valence-electron chi connectivity index (χ2n) is 6.21. The van der Waals surface area contributed by atoms with Crippen LogP contribution in [0.1, 0.15) is 68.1 Å². The van der Waals surface area contributed by atoms with Gasteiger partial charge in [-0.2, -0.15) is 5.10 Å². The first-order valence-corrected chi connectivity index (χ1v) is 9.44. The smallest absolute Gasteiger partial charge is 0.177 e. The summed E-state index contributed by atoms with van der Waals surface area (Å²) in [5.41, 5.74) is 0.616. The first-order chi connectivity index (χ1) is 10.3. The number of thioether (sulfide) groups is 1. The molecule has 0 bridgehead atoms. The maximum absolute atomic E-state index is 14.2. The summed E-state index contributed by atoms with van der Waals surface area (Å²) < 4.78 is 16.0. The van der Waals surface area contributed by atoms with Gasteiger partial charge in [-0.25, -0.2) is 9.37 Å². The van der Waals surface area contributed by atoms with Crippen LogP contribution in [0, 0.1) is 12.7 Å². The van der Waals surface area contributed by atoms with E-state index in [4.69, 9.17) is 0 Å². The predicted octanol–water partition coefficient (Wildman–Crippen LogP) is 5.39. The molecule has 0 aliphatic rings. The molecule has 1 atom stereocenters. The molecule has 0 saturated heterocycles. The topological polar surface area (TPSA) is 30.7 Å². The van der Waals surface area contributed by atoms with Gasteiger partial charge in [0.05, 0.1) is 10.7 Å². The van der Waals surface area contributed by atoms with Gasteiger partial charge in [-0.05, 0) is 20.8 Å². The van der Waals surface area contributed by atoms with Crippen molar-refractivity contribution in [2.75, 3.05) is 5.75 Å². The van der Waals surface area contributed by atoms with Gasteiger partial charge in [0.15, 0.2) is 10.8 Å². The van der Waals surface area contributed by atoms with Crippen molar-refractivity contribution in [3.63, 3.8) is 0 Å². The van der Waals surface area contributed by atoms with Crippen molar-refractivity contribution in [1.82, 2.24) is 14.8 Å². The highest BCUT2D eigenvalue weighted by molar-refractivity contribution is 7.99. The summed E-state index contributed by atoms with van der Waals surface area (Å²) in [6.45, 7) is 12.3. The number of halogens is 1. The van der Waals surface area contributed by atoms with Crippen LogP contribution in [0.15, 0.2) is 11.2 Å². The lowest BCUT2D eigenvalue weighted by molar-refractivity contribution is 0.506. The fourth-order valence-corrected chi connectivity index (χ4v) is 4.23. The third-order valence-corrected chi connectivity index (χ3v) is 6.26. The number of thiazole rings is 1. The molecule has 0 amide bonds. The summed E-state index contributed by atoms with van der Waals surface area (Å²) >= 11 is 3.25. The van der Waals surface area contributed by atoms with Gasteiger partial charge < -0.3 is 0 Å². The zero-order valence-electron chi connectivity index (χ0n) is 14.1. The average Bonchev–Trinajstić information content (AvgIpc) is 3.04. The minimum atomic E-state index is -0.182. The van der Waals surface area contributed by atoms with Crippen molar-refractivity contribution in [1.29, 1.82) is 0 Å². The number of rotatable bonds is 6. The zero-order chi connectivity index (χ0) is 16.4. The maximum atomic E-state index is 14.2. The van der Waals surface area contributed by atoms with E-state index < -0.39 is 0 Å². The van der Waals surface area contributed by atoms with Crippen LogP contribution in [-0.2, 0) is 0 Å². The van der Waals surface area contributed by atoms with Crippen molar-refractivity contribution >= 4 is 23.1 Å². The Kier molecular flexibility index (Phi) is 5.66. The van der Waals surface area contributed by atoms with E-state index in [9.17, 15) is 4.39 Å². The molecule has 0 aromatic carbocycles. The van der Waals surface area contributed by atoms with Gasteiger partial charge in [-0.3, -0.25) is 4.68 Å². The molecule has 122 valence electrons. The van der Waals surface area contributed by atoms with Gasteiger partial charge in [0.25, 0.3) is 0 Å². The van der Waals surface area contributed by atoms with Crippen LogP contribution in [0.25, 0.3) is 0 Å². The molecule has 0 aliphatic carbocycles. The molecule has 0 fully saturated rings. The van der Waals surface area contributed by atoms with Crippen molar-refractivity contribution in [3.8, 4) is 0 Å². The van der Waals surface area contributed by atoms with Crippen molar-refractivity contribution in [2.45, 2.75) is 64.4 Å². The Morgan fingerprint density at radius 1 is 1.27 bits per heavy atom. The Labute approximate surface area is 140 Å². The third kappa shape index (κ3) is 3.71. The second-order valence-corrected chi connectivity index (χ2v) is 8.31. The van der Waals surface area contributed by atoms with Crippen LogP contribution in [0.2, 0.25) is 0 Å². The minimum Gasteiger partial charge on any atom is -0.263 e. The predicted molar refractivity (Wildman–Crippen MR) is 92.6 cm³/mol. The summed E-state index contributed by atoms with van der Waals surface area (Å²) in [5, 5.41) is 6.07. The lowest BCUT2D eigenvalue weighted by Crippen LogP contribution is -2.04. The molecule has 1 unspecified atom stereocenters. The van der Waals surface area contributed by atoms with Gasteiger partial charge in [0, 0.05) is 34.7 Å². The minimum absolute atomic E-state index is 0.177. The second kappa shape index (κ2) is 7.13. The highest BCUT2D eigenvalue weighted by Gasteiger charge is 2.19. The number of hydrogen-bond donors (Lipinski definition) is 0. The van der Waals surface area contributed by atoms with Gasteiger partial charge in [-0.15, -0.1) is 23.1 Å². The summed E-state index contributed by atoms with van der Waals surface area (Å²) in [7, 11) is 0. The van der Waals surface area contributed by atoms with E-state index in [1.54, 1.807) is 22.9 Å². The quantitative estimate of drug-likeness (QED) is 0.660. The van der Waals surface area contributed by atoms with Gasteiger partial charge in [-0.1, -0.05) is 20.8 Å². The fraction of sp³-hybridized carbons (Fsp3) is 0.625. The molecular formula is C16H24FN3S2. The molecule has 22 heavy (non-hydrogen) atoms.